The van der Waals surface area contributed by atoms with Gasteiger partial charge in [-0.3, -0.25) is 0 Å². The highest BCUT2D eigenvalue weighted by molar-refractivity contribution is 7.98. The zero-order valence-corrected chi connectivity index (χ0v) is 12.1. The number of aromatic nitrogens is 1. The maximum Gasteiger partial charge on any atom is 0.129 e. The maximum absolute atomic E-state index is 6.07. The van der Waals surface area contributed by atoms with Gasteiger partial charge in [-0.25, -0.2) is 4.98 Å². The van der Waals surface area contributed by atoms with Crippen molar-refractivity contribution in [1.82, 2.24) is 4.98 Å². The van der Waals surface area contributed by atoms with Gasteiger partial charge in [0.2, 0.25) is 0 Å². The summed E-state index contributed by atoms with van der Waals surface area (Å²) in [6.07, 6.45) is 0. The van der Waals surface area contributed by atoms with E-state index >= 15 is 0 Å². The molecule has 0 atom stereocenters. The summed E-state index contributed by atoms with van der Waals surface area (Å²) in [4.78, 5) is 5.25. The Hall–Kier alpha value is -0.900. The number of nitrogens with two attached hydrogens (primary N) is 1. The molecule has 2 rings (SSSR count). The first-order valence-corrected chi connectivity index (χ1v) is 7.11. The number of benzene rings is 1. The van der Waals surface area contributed by atoms with Crippen molar-refractivity contribution in [2.24, 2.45) is 0 Å². The Bertz CT molecular complexity index is 571. The van der Waals surface area contributed by atoms with Crippen LogP contribution in [-0.4, -0.2) is 4.98 Å². The normalized spacial score (nSPS) is 10.6. The summed E-state index contributed by atoms with van der Waals surface area (Å²) in [7, 11) is 0. The van der Waals surface area contributed by atoms with Gasteiger partial charge < -0.3 is 5.73 Å². The van der Waals surface area contributed by atoms with Crippen molar-refractivity contribution < 1.29 is 0 Å². The van der Waals surface area contributed by atoms with Gasteiger partial charge in [0.05, 0.1) is 10.7 Å². The molecule has 1 heterocycles. The first kappa shape index (κ1) is 13.5. The summed E-state index contributed by atoms with van der Waals surface area (Å²) in [5.41, 5.74) is 8.67. The van der Waals surface area contributed by atoms with Crippen molar-refractivity contribution in [3.63, 3.8) is 0 Å². The van der Waals surface area contributed by atoms with E-state index in [-0.39, 0.29) is 0 Å². The van der Waals surface area contributed by atoms with Crippen LogP contribution in [0.4, 0.5) is 5.69 Å². The van der Waals surface area contributed by atoms with Crippen molar-refractivity contribution >= 4 is 40.7 Å². The molecule has 2 aromatic rings. The molecule has 0 saturated heterocycles. The van der Waals surface area contributed by atoms with Crippen molar-refractivity contribution in [1.29, 1.82) is 0 Å². The predicted molar refractivity (Wildman–Crippen MR) is 79.4 cm³/mol. The Morgan fingerprint density at radius 1 is 1.22 bits per heavy atom. The van der Waals surface area contributed by atoms with Crippen LogP contribution in [0.1, 0.15) is 11.3 Å². The number of anilines is 1. The number of para-hydroxylation sites is 1. The van der Waals surface area contributed by atoms with E-state index in [0.717, 1.165) is 21.8 Å². The van der Waals surface area contributed by atoms with Crippen molar-refractivity contribution in [3.8, 4) is 0 Å². The first-order valence-electron chi connectivity index (χ1n) is 5.36. The van der Waals surface area contributed by atoms with Crippen LogP contribution in [0.15, 0.2) is 35.2 Å². The van der Waals surface area contributed by atoms with Gasteiger partial charge in [0.25, 0.3) is 0 Å². The molecule has 2 nitrogen and oxygen atoms in total. The highest BCUT2D eigenvalue weighted by atomic mass is 35.5. The summed E-state index contributed by atoms with van der Waals surface area (Å²) >= 11 is 13.5. The molecule has 0 amide bonds. The highest BCUT2D eigenvalue weighted by Crippen LogP contribution is 2.31. The second kappa shape index (κ2) is 5.83. The summed E-state index contributed by atoms with van der Waals surface area (Å²) in [5, 5.41) is 1.07. The summed E-state index contributed by atoms with van der Waals surface area (Å²) in [6.45, 7) is 1.99. The third kappa shape index (κ3) is 3.10. The number of rotatable bonds is 3. The quantitative estimate of drug-likeness (QED) is 0.512. The summed E-state index contributed by atoms with van der Waals surface area (Å²) in [6, 6.07) is 9.40. The lowest BCUT2D eigenvalue weighted by Gasteiger charge is -2.08. The molecule has 0 spiro atoms. The molecule has 0 aliphatic heterocycles. The minimum atomic E-state index is 0.451. The monoisotopic (exact) mass is 298 g/mol. The molecule has 1 aromatic heterocycles. The number of hydrogen-bond donors (Lipinski definition) is 1. The highest BCUT2D eigenvalue weighted by Gasteiger charge is 2.07. The Morgan fingerprint density at radius 3 is 2.78 bits per heavy atom. The van der Waals surface area contributed by atoms with Gasteiger partial charge in [-0.05, 0) is 30.7 Å². The minimum Gasteiger partial charge on any atom is -0.398 e. The fourth-order valence-corrected chi connectivity index (χ4v) is 2.90. The number of hydrogen-bond acceptors (Lipinski definition) is 3. The second-order valence-electron chi connectivity index (χ2n) is 3.84. The third-order valence-corrected chi connectivity index (χ3v) is 4.17. The largest absolute Gasteiger partial charge is 0.398 e. The molecule has 18 heavy (non-hydrogen) atoms. The van der Waals surface area contributed by atoms with Gasteiger partial charge in [-0.2, -0.15) is 0 Å². The molecule has 1 aromatic carbocycles. The van der Waals surface area contributed by atoms with Crippen LogP contribution in [0, 0.1) is 6.92 Å². The topological polar surface area (TPSA) is 38.9 Å². The van der Waals surface area contributed by atoms with Gasteiger partial charge in [0, 0.05) is 16.3 Å². The smallest absolute Gasteiger partial charge is 0.129 e. The molecule has 2 N–H and O–H groups in total. The zero-order chi connectivity index (χ0) is 13.1. The zero-order valence-electron chi connectivity index (χ0n) is 9.78. The number of nitrogens with zero attached hydrogens (tertiary/aromatic N) is 1. The molecule has 0 aliphatic rings. The van der Waals surface area contributed by atoms with Gasteiger partial charge in [0.15, 0.2) is 0 Å². The van der Waals surface area contributed by atoms with Crippen LogP contribution in [0.25, 0.3) is 0 Å². The van der Waals surface area contributed by atoms with Gasteiger partial charge in [-0.1, -0.05) is 35.3 Å². The maximum atomic E-state index is 6.07. The van der Waals surface area contributed by atoms with Crippen LogP contribution < -0.4 is 5.73 Å². The lowest BCUT2D eigenvalue weighted by Crippen LogP contribution is -1.94. The molecular weight excluding hydrogens is 287 g/mol. The number of thioether (sulfide) groups is 1. The molecule has 0 unspecified atom stereocenters. The van der Waals surface area contributed by atoms with E-state index in [1.165, 1.54) is 0 Å². The average molecular weight is 299 g/mol. The SMILES string of the molecule is Cc1cccc(SCc2nc(Cl)ccc2Cl)c1N. The van der Waals surface area contributed by atoms with Crippen molar-refractivity contribution in [2.75, 3.05) is 5.73 Å². The number of nitrogen functional groups attached to an aromatic ring is 1. The van der Waals surface area contributed by atoms with E-state index in [9.17, 15) is 0 Å². The second-order valence-corrected chi connectivity index (χ2v) is 5.65. The Kier molecular flexibility index (Phi) is 4.38. The standard InChI is InChI=1S/C13H12Cl2N2S/c1-8-3-2-4-11(13(8)16)18-7-10-9(14)5-6-12(15)17-10/h2-6H,7,16H2,1H3. The fraction of sp³-hybridized carbons (Fsp3) is 0.154. The van der Waals surface area contributed by atoms with E-state index in [4.69, 9.17) is 28.9 Å². The number of aryl methyl sites for hydroxylation is 1. The van der Waals surface area contributed by atoms with E-state index in [0.29, 0.717) is 15.9 Å². The van der Waals surface area contributed by atoms with Crippen LogP contribution in [-0.2, 0) is 5.75 Å². The first-order chi connectivity index (χ1) is 8.58. The van der Waals surface area contributed by atoms with Gasteiger partial charge >= 0.3 is 0 Å². The summed E-state index contributed by atoms with van der Waals surface area (Å²) in [5.74, 6) is 0.646. The third-order valence-electron chi connectivity index (χ3n) is 2.53. The lowest BCUT2D eigenvalue weighted by atomic mass is 10.2. The molecule has 5 heteroatoms. The van der Waals surface area contributed by atoms with E-state index in [1.54, 1.807) is 23.9 Å². The Morgan fingerprint density at radius 2 is 2.00 bits per heavy atom. The number of pyridine rings is 1. The molecule has 0 radical (unpaired) electrons. The lowest BCUT2D eigenvalue weighted by molar-refractivity contribution is 1.17. The Labute approximate surface area is 121 Å². The van der Waals surface area contributed by atoms with Crippen molar-refractivity contribution in [2.45, 2.75) is 17.6 Å². The van der Waals surface area contributed by atoms with E-state index in [1.807, 2.05) is 25.1 Å². The summed E-state index contributed by atoms with van der Waals surface area (Å²) < 4.78 is 0. The molecule has 94 valence electrons. The van der Waals surface area contributed by atoms with Crippen LogP contribution in [0.5, 0.6) is 0 Å². The molecule has 0 saturated carbocycles. The molecule has 0 fully saturated rings. The Balaban J connectivity index is 2.16. The van der Waals surface area contributed by atoms with Crippen LogP contribution in [0.3, 0.4) is 0 Å². The molecule has 0 aliphatic carbocycles. The number of halogens is 2. The minimum absolute atomic E-state index is 0.451. The van der Waals surface area contributed by atoms with E-state index < -0.39 is 0 Å². The van der Waals surface area contributed by atoms with Gasteiger partial charge in [0.1, 0.15) is 5.15 Å². The fourth-order valence-electron chi connectivity index (χ4n) is 1.48. The van der Waals surface area contributed by atoms with Gasteiger partial charge in [-0.15, -0.1) is 11.8 Å². The molecular formula is C13H12Cl2N2S. The average Bonchev–Trinajstić information content (AvgIpc) is 2.35. The van der Waals surface area contributed by atoms with E-state index in [2.05, 4.69) is 4.98 Å². The predicted octanol–water partition coefficient (Wildman–Crippen LogP) is 4.57. The molecule has 0 bridgehead atoms. The van der Waals surface area contributed by atoms with Crippen molar-refractivity contribution in [3.05, 3.63) is 51.8 Å². The van der Waals surface area contributed by atoms with Crippen LogP contribution in [0.2, 0.25) is 10.2 Å². The van der Waals surface area contributed by atoms with Crippen LogP contribution >= 0.6 is 35.0 Å².